The summed E-state index contributed by atoms with van der Waals surface area (Å²) in [5.74, 6) is 1.33. The van der Waals surface area contributed by atoms with E-state index >= 15 is 0 Å². The molecule has 3 heterocycles. The molecule has 2 N–H and O–H groups in total. The maximum atomic E-state index is 12.4. The summed E-state index contributed by atoms with van der Waals surface area (Å²) in [5.41, 5.74) is 1.45. The Kier molecular flexibility index (Phi) is 9.27. The van der Waals surface area contributed by atoms with Gasteiger partial charge in [0.15, 0.2) is 0 Å². The highest BCUT2D eigenvalue weighted by Crippen LogP contribution is 2.24. The van der Waals surface area contributed by atoms with E-state index in [2.05, 4.69) is 20.8 Å². The van der Waals surface area contributed by atoms with Crippen LogP contribution < -0.4 is 10.6 Å². The van der Waals surface area contributed by atoms with Gasteiger partial charge in [-0.2, -0.15) is 0 Å². The van der Waals surface area contributed by atoms with Crippen molar-refractivity contribution in [1.29, 1.82) is 0 Å². The van der Waals surface area contributed by atoms with Gasteiger partial charge in [0, 0.05) is 30.6 Å². The van der Waals surface area contributed by atoms with Crippen molar-refractivity contribution < 1.29 is 9.32 Å². The van der Waals surface area contributed by atoms with Crippen LogP contribution >= 0.6 is 36.6 Å². The molecule has 0 spiro atoms. The highest BCUT2D eigenvalue weighted by atomic mass is 35.5. The SMILES string of the molecule is Cc1cc(CSc2ncccc2C(=O)NCC2CCCN2)no1.Cl.Cl. The summed E-state index contributed by atoms with van der Waals surface area (Å²) in [5, 5.41) is 11.0. The predicted molar refractivity (Wildman–Crippen MR) is 103 cm³/mol. The quantitative estimate of drug-likeness (QED) is 0.720. The molecule has 0 bridgehead atoms. The number of amides is 1. The molecule has 1 saturated heterocycles. The number of nitrogens with one attached hydrogen (secondary N) is 2. The Bertz CT molecular complexity index is 678. The molecule has 2 aromatic heterocycles. The topological polar surface area (TPSA) is 80.0 Å². The lowest BCUT2D eigenvalue weighted by atomic mass is 10.2. The first-order valence-corrected chi connectivity index (χ1v) is 8.72. The molecule has 1 amide bonds. The van der Waals surface area contributed by atoms with Crippen molar-refractivity contribution in [1.82, 2.24) is 20.8 Å². The second-order valence-electron chi connectivity index (χ2n) is 5.58. The summed E-state index contributed by atoms with van der Waals surface area (Å²) >= 11 is 1.49. The van der Waals surface area contributed by atoms with Gasteiger partial charge < -0.3 is 15.2 Å². The van der Waals surface area contributed by atoms with Crippen molar-refractivity contribution in [3.8, 4) is 0 Å². The zero-order valence-corrected chi connectivity index (χ0v) is 16.3. The molecular weight excluding hydrogens is 383 g/mol. The Balaban J connectivity index is 0.00000156. The molecule has 0 saturated carbocycles. The van der Waals surface area contributed by atoms with Crippen molar-refractivity contribution in [2.24, 2.45) is 0 Å². The number of carbonyl (C=O) groups excluding carboxylic acids is 1. The van der Waals surface area contributed by atoms with Gasteiger partial charge in [-0.15, -0.1) is 24.8 Å². The summed E-state index contributed by atoms with van der Waals surface area (Å²) in [4.78, 5) is 16.7. The summed E-state index contributed by atoms with van der Waals surface area (Å²) in [6, 6.07) is 5.86. The number of aromatic nitrogens is 2. The summed E-state index contributed by atoms with van der Waals surface area (Å²) in [6.45, 7) is 3.55. The van der Waals surface area contributed by atoms with Crippen LogP contribution in [-0.2, 0) is 5.75 Å². The van der Waals surface area contributed by atoms with Gasteiger partial charge in [0.1, 0.15) is 10.8 Å². The number of nitrogens with zero attached hydrogens (tertiary/aromatic N) is 2. The van der Waals surface area contributed by atoms with Crippen LogP contribution in [0.15, 0.2) is 33.9 Å². The second-order valence-corrected chi connectivity index (χ2v) is 6.54. The first kappa shape index (κ1) is 21.8. The van der Waals surface area contributed by atoms with Crippen LogP contribution in [0, 0.1) is 6.92 Å². The molecule has 25 heavy (non-hydrogen) atoms. The van der Waals surface area contributed by atoms with Gasteiger partial charge in [0.2, 0.25) is 0 Å². The number of rotatable bonds is 6. The van der Waals surface area contributed by atoms with Gasteiger partial charge in [-0.3, -0.25) is 4.79 Å². The third kappa shape index (κ3) is 6.18. The maximum Gasteiger partial charge on any atom is 0.254 e. The van der Waals surface area contributed by atoms with Crippen molar-refractivity contribution >= 4 is 42.5 Å². The molecule has 0 aromatic carbocycles. The van der Waals surface area contributed by atoms with Crippen molar-refractivity contribution in [2.75, 3.05) is 13.1 Å². The number of thioether (sulfide) groups is 1. The van der Waals surface area contributed by atoms with Gasteiger partial charge in [-0.1, -0.05) is 16.9 Å². The summed E-state index contributed by atoms with van der Waals surface area (Å²) in [7, 11) is 0. The molecule has 1 aliphatic heterocycles. The van der Waals surface area contributed by atoms with Gasteiger partial charge in [-0.25, -0.2) is 4.98 Å². The average Bonchev–Trinajstić information content (AvgIpc) is 3.22. The maximum absolute atomic E-state index is 12.4. The lowest BCUT2D eigenvalue weighted by Crippen LogP contribution is -2.37. The summed E-state index contributed by atoms with van der Waals surface area (Å²) < 4.78 is 5.06. The third-order valence-corrected chi connectivity index (χ3v) is 4.76. The highest BCUT2D eigenvalue weighted by molar-refractivity contribution is 7.98. The Morgan fingerprint density at radius 1 is 1.48 bits per heavy atom. The fraction of sp³-hybridized carbons (Fsp3) is 0.438. The molecule has 9 heteroatoms. The summed E-state index contributed by atoms with van der Waals surface area (Å²) in [6.07, 6.45) is 3.98. The van der Waals surface area contributed by atoms with E-state index in [0.717, 1.165) is 24.4 Å². The number of halogens is 2. The monoisotopic (exact) mass is 404 g/mol. The van der Waals surface area contributed by atoms with E-state index in [1.54, 1.807) is 18.3 Å². The predicted octanol–water partition coefficient (Wildman–Crippen LogP) is 3.00. The first-order valence-electron chi connectivity index (χ1n) is 7.74. The Labute approximate surface area is 163 Å². The molecular formula is C16H22Cl2N4O2S. The minimum atomic E-state index is -0.0781. The molecule has 1 atom stereocenters. The average molecular weight is 405 g/mol. The van der Waals surface area contributed by atoms with Crippen LogP contribution in [0.25, 0.3) is 0 Å². The van der Waals surface area contributed by atoms with E-state index in [9.17, 15) is 4.79 Å². The van der Waals surface area contributed by atoms with E-state index < -0.39 is 0 Å². The van der Waals surface area contributed by atoms with Crippen molar-refractivity contribution in [3.05, 3.63) is 41.4 Å². The third-order valence-electron chi connectivity index (χ3n) is 3.72. The van der Waals surface area contributed by atoms with Gasteiger partial charge >= 0.3 is 0 Å². The Morgan fingerprint density at radius 2 is 2.32 bits per heavy atom. The Morgan fingerprint density at radius 3 is 3.00 bits per heavy atom. The molecule has 2 aromatic rings. The van der Waals surface area contributed by atoms with E-state index in [1.807, 2.05) is 13.0 Å². The molecule has 138 valence electrons. The Hall–Kier alpha value is -1.28. The fourth-order valence-electron chi connectivity index (χ4n) is 2.55. The normalized spacial score (nSPS) is 16.0. The largest absolute Gasteiger partial charge is 0.361 e. The van der Waals surface area contributed by atoms with E-state index in [0.29, 0.717) is 28.9 Å². The second kappa shape index (κ2) is 10.7. The fourth-order valence-corrected chi connectivity index (χ4v) is 3.42. The highest BCUT2D eigenvalue weighted by Gasteiger charge is 2.17. The number of aryl methyl sites for hydroxylation is 1. The van der Waals surface area contributed by atoms with E-state index in [-0.39, 0.29) is 30.7 Å². The van der Waals surface area contributed by atoms with Crippen LogP contribution in [-0.4, -0.2) is 35.2 Å². The molecule has 1 fully saturated rings. The number of hydrogen-bond acceptors (Lipinski definition) is 6. The lowest BCUT2D eigenvalue weighted by molar-refractivity contribution is 0.0946. The van der Waals surface area contributed by atoms with Crippen LogP contribution in [0.1, 0.15) is 34.7 Å². The van der Waals surface area contributed by atoms with Gasteiger partial charge in [0.05, 0.1) is 11.3 Å². The zero-order valence-electron chi connectivity index (χ0n) is 13.9. The number of hydrogen-bond donors (Lipinski definition) is 2. The van der Waals surface area contributed by atoms with Crippen LogP contribution in [0.5, 0.6) is 0 Å². The number of pyridine rings is 1. The van der Waals surface area contributed by atoms with Gasteiger partial charge in [0.25, 0.3) is 5.91 Å². The van der Waals surface area contributed by atoms with Crippen LogP contribution in [0.4, 0.5) is 0 Å². The van der Waals surface area contributed by atoms with Crippen molar-refractivity contribution in [2.45, 2.75) is 36.6 Å². The van der Waals surface area contributed by atoms with E-state index in [4.69, 9.17) is 4.52 Å². The minimum Gasteiger partial charge on any atom is -0.361 e. The molecule has 6 nitrogen and oxygen atoms in total. The van der Waals surface area contributed by atoms with Crippen LogP contribution in [0.3, 0.4) is 0 Å². The molecule has 0 aliphatic carbocycles. The minimum absolute atomic E-state index is 0. The first-order chi connectivity index (χ1) is 11.2. The standard InChI is InChI=1S/C16H20N4O2S.2ClH/c1-11-8-13(20-22-11)10-23-16-14(5-3-7-18-16)15(21)19-9-12-4-2-6-17-12;;/h3,5,7-8,12,17H,2,4,6,9-10H2,1H3,(H,19,21);2*1H. The van der Waals surface area contributed by atoms with Crippen LogP contribution in [0.2, 0.25) is 0 Å². The molecule has 3 rings (SSSR count). The van der Waals surface area contributed by atoms with E-state index in [1.165, 1.54) is 18.2 Å². The zero-order chi connectivity index (χ0) is 16.1. The smallest absolute Gasteiger partial charge is 0.254 e. The number of carbonyl (C=O) groups is 1. The van der Waals surface area contributed by atoms with Gasteiger partial charge in [-0.05, 0) is 38.4 Å². The molecule has 1 unspecified atom stereocenters. The van der Waals surface area contributed by atoms with Crippen molar-refractivity contribution in [3.63, 3.8) is 0 Å². The molecule has 0 radical (unpaired) electrons. The molecule has 1 aliphatic rings. The lowest BCUT2D eigenvalue weighted by Gasteiger charge is -2.12.